The molecule has 1 aromatic heterocycles. The van der Waals surface area contributed by atoms with Crippen LogP contribution in [0, 0.1) is 5.82 Å². The van der Waals surface area contributed by atoms with E-state index in [-0.39, 0.29) is 12.0 Å². The topological polar surface area (TPSA) is 47.3 Å². The summed E-state index contributed by atoms with van der Waals surface area (Å²) in [4.78, 5) is 0. The van der Waals surface area contributed by atoms with Gasteiger partial charge < -0.3 is 9.26 Å². The van der Waals surface area contributed by atoms with Crippen LogP contribution in [0.1, 0.15) is 29.9 Å². The van der Waals surface area contributed by atoms with Crippen molar-refractivity contribution in [3.63, 3.8) is 0 Å². The average molecular weight is 276 g/mol. The van der Waals surface area contributed by atoms with Crippen molar-refractivity contribution in [3.05, 3.63) is 53.2 Å². The number of aromatic nitrogens is 1. The zero-order valence-electron chi connectivity index (χ0n) is 11.1. The molecule has 1 N–H and O–H groups in total. The van der Waals surface area contributed by atoms with Crippen molar-refractivity contribution in [3.8, 4) is 0 Å². The van der Waals surface area contributed by atoms with Gasteiger partial charge in [-0.3, -0.25) is 5.32 Å². The fourth-order valence-electron chi connectivity index (χ4n) is 2.29. The van der Waals surface area contributed by atoms with Crippen LogP contribution >= 0.6 is 0 Å². The first-order valence-corrected chi connectivity index (χ1v) is 6.83. The minimum absolute atomic E-state index is 0.132. The van der Waals surface area contributed by atoms with Gasteiger partial charge in [0.1, 0.15) is 23.5 Å². The van der Waals surface area contributed by atoms with Crippen molar-refractivity contribution in [1.29, 1.82) is 0 Å². The van der Waals surface area contributed by atoms with Crippen LogP contribution in [0.25, 0.3) is 0 Å². The third-order valence-electron chi connectivity index (χ3n) is 3.35. The maximum Gasteiger partial charge on any atom is 0.141 e. The number of hydrogen-bond acceptors (Lipinski definition) is 4. The van der Waals surface area contributed by atoms with E-state index in [0.29, 0.717) is 13.0 Å². The fourth-order valence-corrected chi connectivity index (χ4v) is 2.29. The molecule has 0 spiro atoms. The van der Waals surface area contributed by atoms with Crippen molar-refractivity contribution >= 4 is 0 Å². The Balaban J connectivity index is 1.54. The molecule has 0 unspecified atom stereocenters. The molecule has 1 saturated heterocycles. The van der Waals surface area contributed by atoms with E-state index in [1.165, 1.54) is 12.1 Å². The molecule has 20 heavy (non-hydrogen) atoms. The van der Waals surface area contributed by atoms with Gasteiger partial charge in [-0.05, 0) is 37.1 Å². The third-order valence-corrected chi connectivity index (χ3v) is 3.35. The van der Waals surface area contributed by atoms with E-state index in [1.54, 1.807) is 12.1 Å². The van der Waals surface area contributed by atoms with Crippen molar-refractivity contribution in [2.45, 2.75) is 32.1 Å². The van der Waals surface area contributed by atoms with Crippen LogP contribution in [0.2, 0.25) is 0 Å². The molecule has 5 heteroatoms. The highest BCUT2D eigenvalue weighted by Crippen LogP contribution is 2.14. The third kappa shape index (κ3) is 3.43. The SMILES string of the molecule is Fc1ccc(Cc2cc(CO[C@H]3CCCN3)no2)cc1. The molecule has 0 aliphatic carbocycles. The quantitative estimate of drug-likeness (QED) is 0.912. The Morgan fingerprint density at radius 3 is 2.95 bits per heavy atom. The lowest BCUT2D eigenvalue weighted by atomic mass is 10.1. The van der Waals surface area contributed by atoms with Gasteiger partial charge in [0.15, 0.2) is 0 Å². The number of nitrogens with zero attached hydrogens (tertiary/aromatic N) is 1. The van der Waals surface area contributed by atoms with Crippen LogP contribution < -0.4 is 5.32 Å². The molecule has 1 aliphatic heterocycles. The molecule has 0 bridgehead atoms. The highest BCUT2D eigenvalue weighted by molar-refractivity contribution is 5.21. The second-order valence-corrected chi connectivity index (χ2v) is 4.98. The molecule has 1 atom stereocenters. The molecule has 1 fully saturated rings. The Kier molecular flexibility index (Phi) is 4.08. The van der Waals surface area contributed by atoms with Gasteiger partial charge in [0.05, 0.1) is 6.61 Å². The van der Waals surface area contributed by atoms with E-state index in [4.69, 9.17) is 9.26 Å². The molecule has 3 rings (SSSR count). The summed E-state index contributed by atoms with van der Waals surface area (Å²) in [5.41, 5.74) is 1.78. The summed E-state index contributed by atoms with van der Waals surface area (Å²) in [6.45, 7) is 1.46. The Morgan fingerprint density at radius 2 is 2.20 bits per heavy atom. The van der Waals surface area contributed by atoms with Crippen molar-refractivity contribution < 1.29 is 13.7 Å². The molecule has 0 saturated carbocycles. The van der Waals surface area contributed by atoms with Gasteiger partial charge in [-0.1, -0.05) is 17.3 Å². The summed E-state index contributed by atoms with van der Waals surface area (Å²) in [6.07, 6.45) is 2.93. The summed E-state index contributed by atoms with van der Waals surface area (Å²) in [5, 5.41) is 7.25. The van der Waals surface area contributed by atoms with Crippen molar-refractivity contribution in [1.82, 2.24) is 10.5 Å². The second kappa shape index (κ2) is 6.15. The first-order chi connectivity index (χ1) is 9.79. The van der Waals surface area contributed by atoms with Gasteiger partial charge >= 0.3 is 0 Å². The normalized spacial score (nSPS) is 18.6. The zero-order valence-corrected chi connectivity index (χ0v) is 11.1. The van der Waals surface area contributed by atoms with Crippen LogP contribution in [0.5, 0.6) is 0 Å². The number of rotatable bonds is 5. The minimum atomic E-state index is -0.232. The summed E-state index contributed by atoms with van der Waals surface area (Å²) < 4.78 is 23.8. The second-order valence-electron chi connectivity index (χ2n) is 4.98. The average Bonchev–Trinajstić information content (AvgIpc) is 3.10. The largest absolute Gasteiger partial charge is 0.361 e. The summed E-state index contributed by atoms with van der Waals surface area (Å²) in [7, 11) is 0. The predicted octanol–water partition coefficient (Wildman–Crippen LogP) is 2.63. The van der Waals surface area contributed by atoms with E-state index >= 15 is 0 Å². The lowest BCUT2D eigenvalue weighted by molar-refractivity contribution is 0.0281. The van der Waals surface area contributed by atoms with E-state index < -0.39 is 0 Å². The highest BCUT2D eigenvalue weighted by Gasteiger charge is 2.15. The van der Waals surface area contributed by atoms with Gasteiger partial charge in [0.2, 0.25) is 0 Å². The van der Waals surface area contributed by atoms with Crippen LogP contribution in [-0.2, 0) is 17.8 Å². The number of nitrogens with one attached hydrogen (secondary N) is 1. The Morgan fingerprint density at radius 1 is 1.35 bits per heavy atom. The van der Waals surface area contributed by atoms with Crippen molar-refractivity contribution in [2.24, 2.45) is 0 Å². The first-order valence-electron chi connectivity index (χ1n) is 6.83. The van der Waals surface area contributed by atoms with Crippen molar-refractivity contribution in [2.75, 3.05) is 6.54 Å². The first kappa shape index (κ1) is 13.3. The fraction of sp³-hybridized carbons (Fsp3) is 0.400. The van der Waals surface area contributed by atoms with Gasteiger partial charge in [-0.25, -0.2) is 4.39 Å². The molecule has 0 amide bonds. The maximum absolute atomic E-state index is 12.8. The van der Waals surface area contributed by atoms with Crippen LogP contribution in [0.3, 0.4) is 0 Å². The molecule has 2 heterocycles. The lowest BCUT2D eigenvalue weighted by Crippen LogP contribution is -2.24. The lowest BCUT2D eigenvalue weighted by Gasteiger charge is -2.09. The van der Waals surface area contributed by atoms with E-state index in [0.717, 1.165) is 36.4 Å². The van der Waals surface area contributed by atoms with E-state index in [9.17, 15) is 4.39 Å². The van der Waals surface area contributed by atoms with Crippen LogP contribution in [-0.4, -0.2) is 17.9 Å². The van der Waals surface area contributed by atoms with E-state index in [1.807, 2.05) is 6.07 Å². The molecule has 1 aliphatic rings. The molecular weight excluding hydrogens is 259 g/mol. The number of hydrogen-bond donors (Lipinski definition) is 1. The van der Waals surface area contributed by atoms with Gasteiger partial charge in [-0.15, -0.1) is 0 Å². The summed E-state index contributed by atoms with van der Waals surface area (Å²) in [5.74, 6) is 0.527. The number of benzene rings is 1. The molecule has 1 aromatic carbocycles. The monoisotopic (exact) mass is 276 g/mol. The van der Waals surface area contributed by atoms with Crippen LogP contribution in [0.4, 0.5) is 4.39 Å². The zero-order chi connectivity index (χ0) is 13.8. The standard InChI is InChI=1S/C15H17FN2O2/c16-12-5-3-11(4-6-12)8-14-9-13(18-20-14)10-19-15-2-1-7-17-15/h3-6,9,15,17H,1-2,7-8,10H2/t15-/m0/s1. The van der Waals surface area contributed by atoms with Gasteiger partial charge in [0.25, 0.3) is 0 Å². The van der Waals surface area contributed by atoms with Crippen LogP contribution in [0.15, 0.2) is 34.9 Å². The molecule has 2 aromatic rings. The maximum atomic E-state index is 12.8. The Bertz CT molecular complexity index is 547. The number of halogens is 1. The Labute approximate surface area is 116 Å². The molecule has 0 radical (unpaired) electrons. The predicted molar refractivity (Wildman–Crippen MR) is 71.5 cm³/mol. The molecule has 106 valence electrons. The van der Waals surface area contributed by atoms with E-state index in [2.05, 4.69) is 10.5 Å². The summed E-state index contributed by atoms with van der Waals surface area (Å²) >= 11 is 0. The highest BCUT2D eigenvalue weighted by atomic mass is 19.1. The smallest absolute Gasteiger partial charge is 0.141 e. The van der Waals surface area contributed by atoms with Gasteiger partial charge in [0, 0.05) is 12.5 Å². The minimum Gasteiger partial charge on any atom is -0.361 e. The molecule has 4 nitrogen and oxygen atoms in total. The summed E-state index contributed by atoms with van der Waals surface area (Å²) in [6, 6.07) is 8.27. The molecular formula is C15H17FN2O2. The van der Waals surface area contributed by atoms with Gasteiger partial charge in [-0.2, -0.15) is 0 Å². The number of ether oxygens (including phenoxy) is 1. The Hall–Kier alpha value is -1.72.